The molecule has 5 rings (SSSR count). The molecule has 182 valence electrons. The largest absolute Gasteiger partial charge is 0.443 e. The first-order valence-corrected chi connectivity index (χ1v) is 11.8. The average Bonchev–Trinajstić information content (AvgIpc) is 3.39. The highest BCUT2D eigenvalue weighted by atomic mass is 19.1. The Morgan fingerprint density at radius 3 is 2.75 bits per heavy atom. The van der Waals surface area contributed by atoms with Crippen molar-refractivity contribution in [2.24, 2.45) is 0 Å². The Kier molecular flexibility index (Phi) is 5.49. The molecule has 4 aromatic rings. The first-order valence-electron chi connectivity index (χ1n) is 11.8. The fraction of sp³-hybridized carbons (Fsp3) is 0.321. The van der Waals surface area contributed by atoms with Crippen molar-refractivity contribution in [1.82, 2.24) is 14.1 Å². The molecule has 2 aromatic heterocycles. The predicted molar refractivity (Wildman–Crippen MR) is 137 cm³/mol. The van der Waals surface area contributed by atoms with Crippen LogP contribution in [-0.2, 0) is 11.3 Å². The Balaban J connectivity index is 1.78. The number of imidazole rings is 1. The van der Waals surface area contributed by atoms with E-state index in [2.05, 4.69) is 22.4 Å². The highest BCUT2D eigenvalue weighted by Gasteiger charge is 2.34. The molecule has 36 heavy (non-hydrogen) atoms. The Bertz CT molecular complexity index is 1610. The average molecular weight is 484 g/mol. The van der Waals surface area contributed by atoms with Gasteiger partial charge in [-0.25, -0.2) is 14.2 Å². The lowest BCUT2D eigenvalue weighted by Crippen LogP contribution is -2.42. The lowest BCUT2D eigenvalue weighted by atomic mass is 10.1. The van der Waals surface area contributed by atoms with Gasteiger partial charge in [0.25, 0.3) is 0 Å². The number of fused-ring (bicyclic) bond motifs is 1. The van der Waals surface area contributed by atoms with Crippen molar-refractivity contribution in [3.05, 3.63) is 47.8 Å². The van der Waals surface area contributed by atoms with Crippen molar-refractivity contribution >= 4 is 33.7 Å². The van der Waals surface area contributed by atoms with Gasteiger partial charge in [0.15, 0.2) is 11.6 Å². The SMILES string of the molecule is C#CCn1c(-c2cc3cccc4c3n2C(CC)CN4C(=O)OC(C)(C)C)nc2c(F)cc(C#N)cc21. The van der Waals surface area contributed by atoms with Gasteiger partial charge in [0.2, 0.25) is 0 Å². The molecule has 1 atom stereocenters. The molecular formula is C28H26FN5O2. The number of hydrogen-bond donors (Lipinski definition) is 0. The molecule has 8 heteroatoms. The molecule has 0 aliphatic carbocycles. The number of aromatic nitrogens is 3. The van der Waals surface area contributed by atoms with Crippen LogP contribution in [0.5, 0.6) is 0 Å². The maximum Gasteiger partial charge on any atom is 0.414 e. The Morgan fingerprint density at radius 1 is 1.31 bits per heavy atom. The van der Waals surface area contributed by atoms with Crippen LogP contribution in [0.2, 0.25) is 0 Å². The zero-order valence-electron chi connectivity index (χ0n) is 20.7. The number of nitriles is 1. The number of benzene rings is 2. The van der Waals surface area contributed by atoms with E-state index in [1.54, 1.807) is 15.5 Å². The standard InChI is InChI=1S/C28H26FN5O2/c1-6-11-32-22-13-17(15-30)12-20(29)24(22)31-26(32)23-14-18-9-8-10-21-25(18)34(23)19(7-2)16-33(21)27(35)36-28(3,4)5/h1,8-10,12-14,19H,7,11,16H2,2-5H3. The summed E-state index contributed by atoms with van der Waals surface area (Å²) >= 11 is 0. The third-order valence-corrected chi connectivity index (χ3v) is 6.39. The van der Waals surface area contributed by atoms with Crippen molar-refractivity contribution in [2.45, 2.75) is 52.3 Å². The lowest BCUT2D eigenvalue weighted by molar-refractivity contribution is 0.0573. The molecule has 1 unspecified atom stereocenters. The number of amides is 1. The van der Waals surface area contributed by atoms with Gasteiger partial charge in [0.1, 0.15) is 11.1 Å². The highest BCUT2D eigenvalue weighted by Crippen LogP contribution is 2.42. The van der Waals surface area contributed by atoms with Gasteiger partial charge in [-0.15, -0.1) is 6.42 Å². The second-order valence-electron chi connectivity index (χ2n) is 9.93. The number of ether oxygens (including phenoxy) is 1. The van der Waals surface area contributed by atoms with E-state index in [0.717, 1.165) is 28.7 Å². The number of nitrogens with zero attached hydrogens (tertiary/aromatic N) is 5. The van der Waals surface area contributed by atoms with Crippen molar-refractivity contribution in [3.63, 3.8) is 0 Å². The first-order chi connectivity index (χ1) is 17.2. The van der Waals surface area contributed by atoms with Gasteiger partial charge < -0.3 is 13.9 Å². The maximum atomic E-state index is 14.9. The third kappa shape index (κ3) is 3.67. The van der Waals surface area contributed by atoms with Crippen LogP contribution >= 0.6 is 0 Å². The maximum absolute atomic E-state index is 14.9. The molecule has 3 heterocycles. The summed E-state index contributed by atoms with van der Waals surface area (Å²) in [7, 11) is 0. The van der Waals surface area contributed by atoms with Crippen molar-refractivity contribution < 1.29 is 13.9 Å². The fourth-order valence-electron chi connectivity index (χ4n) is 4.92. The monoisotopic (exact) mass is 483 g/mol. The van der Waals surface area contributed by atoms with E-state index >= 15 is 0 Å². The zero-order chi connectivity index (χ0) is 25.8. The first kappa shape index (κ1) is 23.4. The van der Waals surface area contributed by atoms with E-state index in [1.807, 2.05) is 51.1 Å². The summed E-state index contributed by atoms with van der Waals surface area (Å²) in [5.41, 5.74) is 2.62. The number of halogens is 1. The molecule has 2 aromatic carbocycles. The molecule has 0 bridgehead atoms. The van der Waals surface area contributed by atoms with E-state index in [1.165, 1.54) is 6.07 Å². The molecular weight excluding hydrogens is 457 g/mol. The molecule has 0 saturated heterocycles. The van der Waals surface area contributed by atoms with Crippen molar-refractivity contribution in [2.75, 3.05) is 11.4 Å². The number of terminal acetylenes is 1. The molecule has 0 N–H and O–H groups in total. The normalized spacial score (nSPS) is 15.2. The second-order valence-corrected chi connectivity index (χ2v) is 9.93. The number of hydrogen-bond acceptors (Lipinski definition) is 4. The number of rotatable bonds is 3. The van der Waals surface area contributed by atoms with Crippen molar-refractivity contribution in [1.29, 1.82) is 5.26 Å². The topological polar surface area (TPSA) is 76.1 Å². The molecule has 1 aliphatic heterocycles. The van der Waals surface area contributed by atoms with E-state index in [9.17, 15) is 14.4 Å². The van der Waals surface area contributed by atoms with Gasteiger partial charge in [0, 0.05) is 5.39 Å². The summed E-state index contributed by atoms with van der Waals surface area (Å²) in [6.45, 7) is 8.18. The van der Waals surface area contributed by atoms with Crippen LogP contribution in [0.15, 0.2) is 36.4 Å². The number of carbonyl (C=O) groups is 1. The Morgan fingerprint density at radius 2 is 2.08 bits per heavy atom. The zero-order valence-corrected chi connectivity index (χ0v) is 20.7. The predicted octanol–water partition coefficient (Wildman–Crippen LogP) is 6.01. The van der Waals surface area contributed by atoms with Crippen LogP contribution in [0.25, 0.3) is 33.5 Å². The van der Waals surface area contributed by atoms with Crippen molar-refractivity contribution in [3.8, 4) is 29.9 Å². The third-order valence-electron chi connectivity index (χ3n) is 6.39. The summed E-state index contributed by atoms with van der Waals surface area (Å²) in [6, 6.07) is 12.5. The van der Waals surface area contributed by atoms with Gasteiger partial charge >= 0.3 is 6.09 Å². The minimum absolute atomic E-state index is 0.0708. The summed E-state index contributed by atoms with van der Waals surface area (Å²) < 4.78 is 24.6. The van der Waals surface area contributed by atoms with Gasteiger partial charge in [-0.1, -0.05) is 25.0 Å². The highest BCUT2D eigenvalue weighted by molar-refractivity contribution is 6.03. The molecule has 1 aliphatic rings. The molecule has 0 radical (unpaired) electrons. The van der Waals surface area contributed by atoms with Crippen LogP contribution in [-0.4, -0.2) is 32.4 Å². The Labute approximate surface area is 208 Å². The summed E-state index contributed by atoms with van der Waals surface area (Å²) in [6.07, 6.45) is 6.03. The molecule has 0 spiro atoms. The van der Waals surface area contributed by atoms with E-state index in [-0.39, 0.29) is 23.7 Å². The quantitative estimate of drug-likeness (QED) is 0.335. The van der Waals surface area contributed by atoms with Crippen LogP contribution in [0, 0.1) is 29.5 Å². The van der Waals surface area contributed by atoms with Crippen LogP contribution in [0.4, 0.5) is 14.9 Å². The van der Waals surface area contributed by atoms with Crippen LogP contribution in [0.1, 0.15) is 45.7 Å². The fourth-order valence-corrected chi connectivity index (χ4v) is 4.92. The smallest absolute Gasteiger partial charge is 0.414 e. The second kappa shape index (κ2) is 8.42. The number of carbonyl (C=O) groups excluding carboxylic acids is 1. The van der Waals surface area contributed by atoms with Gasteiger partial charge in [0.05, 0.1) is 53.2 Å². The van der Waals surface area contributed by atoms with Gasteiger partial charge in [-0.2, -0.15) is 5.26 Å². The number of para-hydroxylation sites is 1. The minimum atomic E-state index is -0.621. The van der Waals surface area contributed by atoms with Gasteiger partial charge in [-0.3, -0.25) is 4.90 Å². The van der Waals surface area contributed by atoms with E-state index in [0.29, 0.717) is 17.9 Å². The summed E-state index contributed by atoms with van der Waals surface area (Å²) in [5.74, 6) is 2.58. The molecule has 0 fully saturated rings. The van der Waals surface area contributed by atoms with E-state index < -0.39 is 17.5 Å². The van der Waals surface area contributed by atoms with Crippen LogP contribution < -0.4 is 4.90 Å². The summed E-state index contributed by atoms with van der Waals surface area (Å²) in [5, 5.41) is 10.3. The summed E-state index contributed by atoms with van der Waals surface area (Å²) in [4.78, 5) is 19.5. The molecule has 0 saturated carbocycles. The molecule has 1 amide bonds. The van der Waals surface area contributed by atoms with Gasteiger partial charge in [-0.05, 0) is 51.5 Å². The minimum Gasteiger partial charge on any atom is -0.443 e. The lowest BCUT2D eigenvalue weighted by Gasteiger charge is -2.36. The molecule has 7 nitrogen and oxygen atoms in total. The Hall–Kier alpha value is -4.30. The number of anilines is 1. The van der Waals surface area contributed by atoms with E-state index in [4.69, 9.17) is 11.2 Å². The van der Waals surface area contributed by atoms with Crippen LogP contribution in [0.3, 0.4) is 0 Å².